The van der Waals surface area contributed by atoms with Gasteiger partial charge in [-0.05, 0) is 37.1 Å². The van der Waals surface area contributed by atoms with Crippen molar-refractivity contribution in [3.05, 3.63) is 83.3 Å². The van der Waals surface area contributed by atoms with Crippen LogP contribution in [0.3, 0.4) is 0 Å². The molecule has 0 saturated heterocycles. The van der Waals surface area contributed by atoms with Gasteiger partial charge in [-0.15, -0.1) is 5.06 Å². The monoisotopic (exact) mass is 446 g/mol. The lowest BCUT2D eigenvalue weighted by molar-refractivity contribution is -0.0252. The molecule has 5 rings (SSSR count). The number of carbonyl (C=O) groups excluding carboxylic acids is 3. The number of anilines is 1. The summed E-state index contributed by atoms with van der Waals surface area (Å²) in [7, 11) is 1.76. The van der Waals surface area contributed by atoms with Crippen molar-refractivity contribution in [2.24, 2.45) is 7.05 Å². The second-order valence-electron chi connectivity index (χ2n) is 8.00. The van der Waals surface area contributed by atoms with Gasteiger partial charge in [0, 0.05) is 13.0 Å². The fraction of sp³-hybridized carbons (Fsp3) is 0.250. The largest absolute Gasteiger partial charge is 0.416 e. The highest BCUT2D eigenvalue weighted by Gasteiger charge is 2.42. The molecule has 1 N–H and O–H groups in total. The van der Waals surface area contributed by atoms with E-state index in [9.17, 15) is 14.4 Å². The van der Waals surface area contributed by atoms with E-state index >= 15 is 0 Å². The van der Waals surface area contributed by atoms with Gasteiger partial charge in [0.2, 0.25) is 0 Å². The van der Waals surface area contributed by atoms with Gasteiger partial charge < -0.3 is 14.1 Å². The molecular weight excluding hydrogens is 424 g/mol. The molecule has 1 aromatic heterocycles. The second kappa shape index (κ2) is 8.42. The molecule has 1 atom stereocenters. The van der Waals surface area contributed by atoms with Crippen LogP contribution in [0.1, 0.15) is 62.2 Å². The van der Waals surface area contributed by atoms with Crippen molar-refractivity contribution in [2.75, 3.05) is 5.06 Å². The Balaban J connectivity index is 1.51. The molecular formula is C24H22N4O5. The number of hydrogen-bond donors (Lipinski definition) is 1. The number of esters is 1. The van der Waals surface area contributed by atoms with Crippen molar-refractivity contribution in [1.29, 1.82) is 0 Å². The Morgan fingerprint density at radius 1 is 0.970 bits per heavy atom. The third-order valence-electron chi connectivity index (χ3n) is 5.88. The Labute approximate surface area is 189 Å². The second-order valence-corrected chi connectivity index (χ2v) is 8.00. The maximum absolute atomic E-state index is 12.9. The van der Waals surface area contributed by atoms with E-state index in [1.54, 1.807) is 72.3 Å². The lowest BCUT2D eigenvalue weighted by Crippen LogP contribution is -2.56. The lowest BCUT2D eigenvalue weighted by atomic mass is 9.85. The molecule has 9 heteroatoms. The van der Waals surface area contributed by atoms with Crippen LogP contribution < -0.4 is 10.4 Å². The van der Waals surface area contributed by atoms with Gasteiger partial charge in [0.1, 0.15) is 5.82 Å². The minimum atomic E-state index is -1.37. The van der Waals surface area contributed by atoms with Gasteiger partial charge >= 0.3 is 11.9 Å². The molecule has 2 aliphatic rings. The molecule has 0 spiro atoms. The topological polar surface area (TPSA) is 103 Å². The number of carbonyl (C=O) groups is 3. The lowest BCUT2D eigenvalue weighted by Gasteiger charge is -2.34. The quantitative estimate of drug-likeness (QED) is 0.601. The molecule has 2 heterocycles. The van der Waals surface area contributed by atoms with Crippen molar-refractivity contribution in [2.45, 2.75) is 31.5 Å². The van der Waals surface area contributed by atoms with Gasteiger partial charge in [0.05, 0.1) is 11.1 Å². The van der Waals surface area contributed by atoms with Gasteiger partial charge in [-0.25, -0.2) is 14.6 Å². The number of fused-ring (bicyclic) bond motifs is 1. The first-order chi connectivity index (χ1) is 16.0. The summed E-state index contributed by atoms with van der Waals surface area (Å²) in [6.07, 6.45) is 1.68. The highest BCUT2D eigenvalue weighted by atomic mass is 16.7. The minimum Gasteiger partial charge on any atom is -0.416 e. The summed E-state index contributed by atoms with van der Waals surface area (Å²) in [4.78, 5) is 48.7. The van der Waals surface area contributed by atoms with E-state index in [0.29, 0.717) is 11.1 Å². The smallest absolute Gasteiger partial charge is 0.363 e. The van der Waals surface area contributed by atoms with Gasteiger partial charge in [-0.2, -0.15) is 0 Å². The van der Waals surface area contributed by atoms with Crippen molar-refractivity contribution < 1.29 is 24.0 Å². The van der Waals surface area contributed by atoms with Crippen LogP contribution in [0.15, 0.2) is 60.7 Å². The van der Waals surface area contributed by atoms with Crippen molar-refractivity contribution in [3.63, 3.8) is 0 Å². The van der Waals surface area contributed by atoms with E-state index in [1.165, 1.54) is 0 Å². The Morgan fingerprint density at radius 3 is 2.15 bits per heavy atom. The molecule has 1 fully saturated rings. The van der Waals surface area contributed by atoms with Crippen molar-refractivity contribution in [1.82, 2.24) is 14.9 Å². The fourth-order valence-electron chi connectivity index (χ4n) is 3.92. The van der Waals surface area contributed by atoms with Gasteiger partial charge in [0.15, 0.2) is 11.5 Å². The first kappa shape index (κ1) is 20.7. The normalized spacial score (nSPS) is 17.5. The predicted octanol–water partition coefficient (Wildman–Crippen LogP) is 3.15. The molecule has 1 unspecified atom stereocenters. The third-order valence-corrected chi connectivity index (χ3v) is 5.88. The molecule has 2 aromatic carbocycles. The maximum atomic E-state index is 12.9. The molecule has 1 aliphatic heterocycles. The van der Waals surface area contributed by atoms with Gasteiger partial charge in [-0.1, -0.05) is 42.8 Å². The van der Waals surface area contributed by atoms with Crippen LogP contribution in [0.5, 0.6) is 0 Å². The Morgan fingerprint density at radius 2 is 1.58 bits per heavy atom. The number of imidazole rings is 1. The number of rotatable bonds is 5. The summed E-state index contributed by atoms with van der Waals surface area (Å²) >= 11 is 0. The maximum Gasteiger partial charge on any atom is 0.363 e. The minimum absolute atomic E-state index is 0.118. The summed E-state index contributed by atoms with van der Waals surface area (Å²) in [6.45, 7) is 0. The highest BCUT2D eigenvalue weighted by Crippen LogP contribution is 2.39. The number of amides is 1. The van der Waals surface area contributed by atoms with E-state index in [1.807, 2.05) is 0 Å². The van der Waals surface area contributed by atoms with Gasteiger partial charge in [-0.3, -0.25) is 10.1 Å². The molecule has 168 valence electrons. The first-order valence-electron chi connectivity index (χ1n) is 10.7. The number of benzene rings is 2. The number of hydroxylamine groups is 1. The van der Waals surface area contributed by atoms with E-state index in [0.717, 1.165) is 30.2 Å². The molecule has 1 saturated carbocycles. The summed E-state index contributed by atoms with van der Waals surface area (Å²) < 4.78 is 7.29. The Kier molecular flexibility index (Phi) is 5.29. The molecule has 33 heavy (non-hydrogen) atoms. The molecule has 3 aromatic rings. The molecule has 0 bridgehead atoms. The van der Waals surface area contributed by atoms with Crippen LogP contribution in [-0.4, -0.2) is 33.7 Å². The number of hydrogen-bond acceptors (Lipinski definition) is 7. The van der Waals surface area contributed by atoms with E-state index in [-0.39, 0.29) is 17.4 Å². The van der Waals surface area contributed by atoms with Crippen LogP contribution in [0.2, 0.25) is 0 Å². The zero-order valence-corrected chi connectivity index (χ0v) is 17.9. The van der Waals surface area contributed by atoms with Crippen LogP contribution in [0.25, 0.3) is 0 Å². The zero-order valence-electron chi connectivity index (χ0n) is 17.9. The van der Waals surface area contributed by atoms with Gasteiger partial charge in [0.25, 0.3) is 12.3 Å². The standard InChI is InChI=1S/C24H22N4O5/c1-27-19(15-13-8-14-15)25-18-20(29)26-24(32-22(30)16-9-4-2-5-10-16)28(21(18)27)33-23(31)17-11-6-3-7-12-17/h2-7,9-12,15,24H,8,13-14H2,1H3,(H,26,29). The SMILES string of the molecule is Cn1c(C2CCC2)nc2c1N(OC(=O)c1ccccc1)C(OC(=O)c1ccccc1)NC2=O. The molecule has 9 nitrogen and oxygen atoms in total. The highest BCUT2D eigenvalue weighted by molar-refractivity contribution is 6.00. The Bertz CT molecular complexity index is 1200. The average molecular weight is 446 g/mol. The zero-order chi connectivity index (χ0) is 22.9. The molecule has 0 radical (unpaired) electrons. The number of nitrogens with zero attached hydrogens (tertiary/aromatic N) is 3. The summed E-state index contributed by atoms with van der Waals surface area (Å²) in [5.74, 6) is -0.626. The van der Waals surface area contributed by atoms with Crippen molar-refractivity contribution >= 4 is 23.7 Å². The first-order valence-corrected chi connectivity index (χ1v) is 10.7. The summed E-state index contributed by atoms with van der Waals surface area (Å²) in [5, 5.41) is 3.70. The van der Waals surface area contributed by atoms with Crippen LogP contribution in [0.4, 0.5) is 5.82 Å². The van der Waals surface area contributed by atoms with Crippen LogP contribution in [0, 0.1) is 0 Å². The van der Waals surface area contributed by atoms with Crippen molar-refractivity contribution in [3.8, 4) is 0 Å². The average Bonchev–Trinajstić information content (AvgIpc) is 3.13. The summed E-state index contributed by atoms with van der Waals surface area (Å²) in [5.41, 5.74) is 0.727. The summed E-state index contributed by atoms with van der Waals surface area (Å²) in [6, 6.07) is 16.8. The fourth-order valence-corrected chi connectivity index (χ4v) is 3.92. The Hall–Kier alpha value is -4.14. The predicted molar refractivity (Wildman–Crippen MR) is 117 cm³/mol. The third kappa shape index (κ3) is 3.82. The molecule has 1 amide bonds. The number of aromatic nitrogens is 2. The van der Waals surface area contributed by atoms with Crippen LogP contribution >= 0.6 is 0 Å². The molecule has 1 aliphatic carbocycles. The number of nitrogens with one attached hydrogen (secondary N) is 1. The number of ether oxygens (including phenoxy) is 1. The van der Waals surface area contributed by atoms with E-state index in [4.69, 9.17) is 9.57 Å². The van der Waals surface area contributed by atoms with Crippen LogP contribution in [-0.2, 0) is 16.6 Å². The van der Waals surface area contributed by atoms with E-state index in [2.05, 4.69) is 10.3 Å². The van der Waals surface area contributed by atoms with E-state index < -0.39 is 24.2 Å².